The van der Waals surface area contributed by atoms with E-state index in [4.69, 9.17) is 0 Å². The van der Waals surface area contributed by atoms with E-state index >= 15 is 0 Å². The summed E-state index contributed by atoms with van der Waals surface area (Å²) in [6.45, 7) is 4.60. The van der Waals surface area contributed by atoms with Crippen molar-refractivity contribution in [3.8, 4) is 5.75 Å². The lowest BCUT2D eigenvalue weighted by molar-refractivity contribution is 0.471. The van der Waals surface area contributed by atoms with Crippen LogP contribution in [-0.2, 0) is 6.54 Å². The Labute approximate surface area is 124 Å². The molecule has 0 bridgehead atoms. The highest BCUT2D eigenvalue weighted by Crippen LogP contribution is 2.26. The third kappa shape index (κ3) is 2.68. The third-order valence-electron chi connectivity index (χ3n) is 3.73. The lowest BCUT2D eigenvalue weighted by atomic mass is 10.1. The normalized spacial score (nSPS) is 10.8. The van der Waals surface area contributed by atoms with Crippen molar-refractivity contribution in [1.29, 1.82) is 0 Å². The second-order valence-corrected chi connectivity index (χ2v) is 5.30. The van der Waals surface area contributed by atoms with E-state index in [2.05, 4.69) is 34.6 Å². The molecule has 1 aromatic heterocycles. The van der Waals surface area contributed by atoms with Gasteiger partial charge in [-0.05, 0) is 48.7 Å². The first-order valence-corrected chi connectivity index (χ1v) is 7.02. The van der Waals surface area contributed by atoms with Crippen molar-refractivity contribution in [2.45, 2.75) is 20.4 Å². The summed E-state index contributed by atoms with van der Waals surface area (Å²) < 4.78 is 0. The highest BCUT2D eigenvalue weighted by atomic mass is 16.3. The lowest BCUT2D eigenvalue weighted by Crippen LogP contribution is -2.02. The Morgan fingerprint density at radius 2 is 1.86 bits per heavy atom. The molecule has 3 rings (SSSR count). The standard InChI is InChI=1S/C18H18N2O/c1-12-10-17(21)13(2)9-16(12)20-11-15-6-3-5-14-7-4-8-19-18(14)15/h3-10,20-21H,11H2,1-2H3. The van der Waals surface area contributed by atoms with Gasteiger partial charge in [-0.15, -0.1) is 0 Å². The molecule has 0 fully saturated rings. The monoisotopic (exact) mass is 278 g/mol. The van der Waals surface area contributed by atoms with Crippen LogP contribution in [0.5, 0.6) is 5.75 Å². The molecule has 3 nitrogen and oxygen atoms in total. The van der Waals surface area contributed by atoms with Crippen molar-refractivity contribution in [3.63, 3.8) is 0 Å². The molecule has 0 aliphatic carbocycles. The summed E-state index contributed by atoms with van der Waals surface area (Å²) in [4.78, 5) is 4.47. The van der Waals surface area contributed by atoms with E-state index in [0.29, 0.717) is 12.3 Å². The first kappa shape index (κ1) is 13.4. The predicted molar refractivity (Wildman–Crippen MR) is 86.7 cm³/mol. The number of benzene rings is 2. The number of aromatic hydroxyl groups is 1. The van der Waals surface area contributed by atoms with E-state index in [1.807, 2.05) is 32.2 Å². The third-order valence-corrected chi connectivity index (χ3v) is 3.73. The number of pyridine rings is 1. The molecule has 3 heteroatoms. The van der Waals surface area contributed by atoms with Crippen molar-refractivity contribution in [3.05, 3.63) is 65.4 Å². The number of nitrogens with zero attached hydrogens (tertiary/aromatic N) is 1. The Balaban J connectivity index is 1.89. The molecular formula is C18H18N2O. The summed E-state index contributed by atoms with van der Waals surface area (Å²) in [5.74, 6) is 0.338. The van der Waals surface area contributed by atoms with E-state index in [-0.39, 0.29) is 0 Å². The van der Waals surface area contributed by atoms with Crippen LogP contribution >= 0.6 is 0 Å². The van der Waals surface area contributed by atoms with Gasteiger partial charge in [-0.25, -0.2) is 0 Å². The molecule has 0 spiro atoms. The van der Waals surface area contributed by atoms with Crippen LogP contribution in [0.3, 0.4) is 0 Å². The van der Waals surface area contributed by atoms with Gasteiger partial charge in [0.25, 0.3) is 0 Å². The fraction of sp³-hybridized carbons (Fsp3) is 0.167. The highest BCUT2D eigenvalue weighted by molar-refractivity contribution is 5.81. The van der Waals surface area contributed by atoms with Gasteiger partial charge in [0.1, 0.15) is 5.75 Å². The van der Waals surface area contributed by atoms with Crippen molar-refractivity contribution in [2.24, 2.45) is 0 Å². The number of para-hydroxylation sites is 1. The minimum atomic E-state index is 0.338. The first-order chi connectivity index (χ1) is 10.1. The molecule has 0 aliphatic rings. The van der Waals surface area contributed by atoms with E-state index in [1.54, 1.807) is 6.07 Å². The number of fused-ring (bicyclic) bond motifs is 1. The van der Waals surface area contributed by atoms with Crippen LogP contribution in [-0.4, -0.2) is 10.1 Å². The van der Waals surface area contributed by atoms with Crippen molar-refractivity contribution < 1.29 is 5.11 Å². The molecule has 0 atom stereocenters. The van der Waals surface area contributed by atoms with Crippen molar-refractivity contribution in [1.82, 2.24) is 4.98 Å². The molecule has 0 saturated heterocycles. The Morgan fingerprint density at radius 1 is 1.05 bits per heavy atom. The first-order valence-electron chi connectivity index (χ1n) is 7.02. The maximum absolute atomic E-state index is 9.71. The molecule has 1 heterocycles. The number of aromatic nitrogens is 1. The molecule has 0 unspecified atom stereocenters. The molecule has 0 saturated carbocycles. The van der Waals surface area contributed by atoms with Gasteiger partial charge in [0, 0.05) is 23.8 Å². The topological polar surface area (TPSA) is 45.2 Å². The SMILES string of the molecule is Cc1cc(NCc2cccc3cccnc23)c(C)cc1O. The Bertz CT molecular complexity index is 791. The van der Waals surface area contributed by atoms with Crippen LogP contribution < -0.4 is 5.32 Å². The van der Waals surface area contributed by atoms with Crippen LogP contribution in [0.25, 0.3) is 10.9 Å². The van der Waals surface area contributed by atoms with Gasteiger partial charge in [-0.3, -0.25) is 4.98 Å². The summed E-state index contributed by atoms with van der Waals surface area (Å²) in [5.41, 5.74) is 5.14. The number of nitrogens with one attached hydrogen (secondary N) is 1. The molecule has 0 amide bonds. The zero-order valence-electron chi connectivity index (χ0n) is 12.2. The zero-order valence-corrected chi connectivity index (χ0v) is 12.2. The Kier molecular flexibility index (Phi) is 3.48. The number of aryl methyl sites for hydroxylation is 2. The number of phenolic OH excluding ortho intramolecular Hbond substituents is 1. The molecule has 0 aliphatic heterocycles. The number of hydrogen-bond acceptors (Lipinski definition) is 3. The second-order valence-electron chi connectivity index (χ2n) is 5.30. The van der Waals surface area contributed by atoms with Crippen LogP contribution in [0, 0.1) is 13.8 Å². The maximum Gasteiger partial charge on any atom is 0.118 e. The largest absolute Gasteiger partial charge is 0.508 e. The number of hydrogen-bond donors (Lipinski definition) is 2. The predicted octanol–water partition coefficient (Wildman–Crippen LogP) is 4.17. The molecular weight excluding hydrogens is 260 g/mol. The molecule has 2 N–H and O–H groups in total. The average molecular weight is 278 g/mol. The smallest absolute Gasteiger partial charge is 0.118 e. The lowest BCUT2D eigenvalue weighted by Gasteiger charge is -2.12. The van der Waals surface area contributed by atoms with E-state index in [9.17, 15) is 5.11 Å². The summed E-state index contributed by atoms with van der Waals surface area (Å²) in [5, 5.41) is 14.3. The van der Waals surface area contributed by atoms with E-state index in [1.165, 1.54) is 5.56 Å². The van der Waals surface area contributed by atoms with Gasteiger partial charge in [0.2, 0.25) is 0 Å². The van der Waals surface area contributed by atoms with E-state index < -0.39 is 0 Å². The zero-order chi connectivity index (χ0) is 14.8. The maximum atomic E-state index is 9.71. The molecule has 21 heavy (non-hydrogen) atoms. The molecule has 106 valence electrons. The average Bonchev–Trinajstić information content (AvgIpc) is 2.49. The fourth-order valence-electron chi connectivity index (χ4n) is 2.49. The number of phenols is 1. The van der Waals surface area contributed by atoms with Crippen LogP contribution in [0.2, 0.25) is 0 Å². The minimum Gasteiger partial charge on any atom is -0.508 e. The Morgan fingerprint density at radius 3 is 2.71 bits per heavy atom. The minimum absolute atomic E-state index is 0.338. The van der Waals surface area contributed by atoms with Crippen LogP contribution in [0.1, 0.15) is 16.7 Å². The van der Waals surface area contributed by atoms with Gasteiger partial charge in [-0.1, -0.05) is 24.3 Å². The molecule has 3 aromatic rings. The summed E-state index contributed by atoms with van der Waals surface area (Å²) in [6, 6.07) is 14.0. The summed E-state index contributed by atoms with van der Waals surface area (Å²) in [7, 11) is 0. The van der Waals surface area contributed by atoms with Gasteiger partial charge >= 0.3 is 0 Å². The Hall–Kier alpha value is -2.55. The van der Waals surface area contributed by atoms with Crippen LogP contribution in [0.15, 0.2) is 48.7 Å². The fourth-order valence-corrected chi connectivity index (χ4v) is 2.49. The van der Waals surface area contributed by atoms with Crippen LogP contribution in [0.4, 0.5) is 5.69 Å². The summed E-state index contributed by atoms with van der Waals surface area (Å²) >= 11 is 0. The molecule has 2 aromatic carbocycles. The highest BCUT2D eigenvalue weighted by Gasteiger charge is 2.05. The van der Waals surface area contributed by atoms with Crippen molar-refractivity contribution >= 4 is 16.6 Å². The van der Waals surface area contributed by atoms with Crippen molar-refractivity contribution in [2.75, 3.05) is 5.32 Å². The van der Waals surface area contributed by atoms with Gasteiger partial charge in [0.15, 0.2) is 0 Å². The quantitative estimate of drug-likeness (QED) is 0.707. The van der Waals surface area contributed by atoms with Gasteiger partial charge in [-0.2, -0.15) is 0 Å². The van der Waals surface area contributed by atoms with E-state index in [0.717, 1.165) is 27.7 Å². The van der Waals surface area contributed by atoms with Gasteiger partial charge < -0.3 is 10.4 Å². The summed E-state index contributed by atoms with van der Waals surface area (Å²) in [6.07, 6.45) is 1.82. The second kappa shape index (κ2) is 5.44. The van der Waals surface area contributed by atoms with Gasteiger partial charge in [0.05, 0.1) is 5.52 Å². The molecule has 0 radical (unpaired) electrons. The number of anilines is 1. The number of rotatable bonds is 3.